The third-order valence-corrected chi connectivity index (χ3v) is 0.402. The molecule has 0 N–H and O–H groups in total. The molecule has 0 nitrogen and oxygen atoms in total. The number of hydrogen-bond acceptors (Lipinski definition) is 0. The van der Waals surface area contributed by atoms with E-state index < -0.39 is 0 Å². The molecule has 0 saturated carbocycles. The van der Waals surface area contributed by atoms with E-state index in [1.54, 1.807) is 0 Å². The van der Waals surface area contributed by atoms with Gasteiger partial charge in [-0.2, -0.15) is 0 Å². The third kappa shape index (κ3) is 0.107. The number of allylic oxidation sites excluding steroid dienone is 2. The first kappa shape index (κ1) is 1.95. The van der Waals surface area contributed by atoms with Gasteiger partial charge in [-0.1, -0.05) is 0 Å². The summed E-state index contributed by atoms with van der Waals surface area (Å²) in [6.07, 6.45) is 3.94. The van der Waals surface area contributed by atoms with Crippen LogP contribution in [0.4, 0.5) is 0 Å². The van der Waals surface area contributed by atoms with Crippen molar-refractivity contribution in [2.75, 3.05) is 0 Å². The van der Waals surface area contributed by atoms with Crippen LogP contribution in [0.1, 0.15) is 0 Å². The Morgan fingerprint density at radius 3 is 1.75 bits per heavy atom. The van der Waals surface area contributed by atoms with Gasteiger partial charge in [-0.3, -0.25) is 0 Å². The van der Waals surface area contributed by atoms with Gasteiger partial charge in [0, 0.05) is 0 Å². The predicted molar refractivity (Wildman–Crippen MR) is 21.3 cm³/mol. The average molecular weight is 49.9 g/mol. The molecule has 1 aliphatic rings. The van der Waals surface area contributed by atoms with E-state index in [0.717, 1.165) is 0 Å². The molecule has 0 spiro atoms. The van der Waals surface area contributed by atoms with Gasteiger partial charge >= 0.3 is 25.1 Å². The molecule has 0 saturated heterocycles. The standard InChI is InChI=1S/C3H3B/c4-3-1-2-3/h1-2,4H. The minimum absolute atomic E-state index is 1.17. The molecule has 0 aliphatic heterocycles. The van der Waals surface area contributed by atoms with Crippen molar-refractivity contribution in [3.8, 4) is 0 Å². The van der Waals surface area contributed by atoms with Crippen molar-refractivity contribution in [2.24, 2.45) is 0 Å². The van der Waals surface area contributed by atoms with Crippen LogP contribution in [-0.2, 0) is 0 Å². The van der Waals surface area contributed by atoms with Gasteiger partial charge in [0.25, 0.3) is 0 Å². The predicted octanol–water partition coefficient (Wildman–Crippen LogP) is -0.371. The second-order valence-electron chi connectivity index (χ2n) is 0.908. The maximum atomic E-state index is 3.56. The molecular weight excluding hydrogens is 46.8 g/mol. The second kappa shape index (κ2) is 0.343. The molecule has 0 heterocycles. The number of hydrogen-bond donors (Lipinski definition) is 0. The summed E-state index contributed by atoms with van der Waals surface area (Å²) in [7, 11) is 3.56. The molecular formula is C3H3B. The summed E-state index contributed by atoms with van der Waals surface area (Å²) in [5.74, 6) is 0. The fraction of sp³-hybridized carbons (Fsp3) is 0. The zero-order valence-corrected chi connectivity index (χ0v) is 2.36. The van der Waals surface area contributed by atoms with Gasteiger partial charge in [0.15, 0.2) is 0 Å². The van der Waals surface area contributed by atoms with Gasteiger partial charge < -0.3 is 0 Å². The Kier molecular flexibility index (Phi) is 0.167. The van der Waals surface area contributed by atoms with E-state index in [-0.39, 0.29) is 0 Å². The molecule has 4 heavy (non-hydrogen) atoms. The molecule has 0 atom stereocenters. The normalized spacial score (nSPS) is 17.2. The van der Waals surface area contributed by atoms with Crippen molar-refractivity contribution in [1.29, 1.82) is 0 Å². The van der Waals surface area contributed by atoms with Crippen LogP contribution in [0.2, 0.25) is 0 Å². The van der Waals surface area contributed by atoms with Crippen molar-refractivity contribution >= 4 is 13.0 Å². The van der Waals surface area contributed by atoms with E-state index in [2.05, 4.69) is 7.49 Å². The fourth-order valence-electron chi connectivity index (χ4n) is 0.0589. The summed E-state index contributed by atoms with van der Waals surface area (Å²) in [6, 6.07) is 0. The van der Waals surface area contributed by atoms with Crippen LogP contribution in [0.5, 0.6) is 0 Å². The first-order valence-corrected chi connectivity index (χ1v) is 1.26. The van der Waals surface area contributed by atoms with Crippen LogP contribution >= 0.6 is 0 Å². The number of rotatable bonds is 0. The average Bonchev–Trinajstić information content (AvgIpc) is 1.75. The van der Waals surface area contributed by atoms with Crippen LogP contribution in [0, 0.1) is 0 Å². The molecule has 0 fully saturated rings. The molecule has 0 radical (unpaired) electrons. The first-order chi connectivity index (χ1) is 1.89. The minimum atomic E-state index is 1.17. The topological polar surface area (TPSA) is 0 Å². The second-order valence-corrected chi connectivity index (χ2v) is 0.908. The van der Waals surface area contributed by atoms with Gasteiger partial charge in [0.1, 0.15) is 0 Å². The summed E-state index contributed by atoms with van der Waals surface area (Å²) < 4.78 is 0. The Labute approximate surface area is 26.2 Å². The third-order valence-electron chi connectivity index (χ3n) is 0.402. The van der Waals surface area contributed by atoms with Crippen LogP contribution in [0.15, 0.2) is 12.2 Å². The molecule has 0 bridgehead atoms. The monoisotopic (exact) mass is 50.0 g/mol. The van der Waals surface area contributed by atoms with E-state index in [9.17, 15) is 0 Å². The Bertz CT molecular complexity index is 63.4. The molecule has 0 aromatic heterocycles. The molecule has 0 unspecified atom stereocenters. The van der Waals surface area contributed by atoms with E-state index in [0.29, 0.717) is 0 Å². The van der Waals surface area contributed by atoms with Gasteiger partial charge in [-0.15, -0.1) is 0 Å². The Balaban J connectivity index is 2.80. The van der Waals surface area contributed by atoms with Crippen LogP contribution in [0.3, 0.4) is 0 Å². The maximum absolute atomic E-state index is 3.56. The van der Waals surface area contributed by atoms with Gasteiger partial charge in [0.05, 0.1) is 0 Å². The van der Waals surface area contributed by atoms with Gasteiger partial charge in [0.2, 0.25) is 0 Å². The first-order valence-electron chi connectivity index (χ1n) is 1.26. The van der Waals surface area contributed by atoms with Crippen LogP contribution in [0.25, 0.3) is 0 Å². The molecule has 0 amide bonds. The van der Waals surface area contributed by atoms with Crippen molar-refractivity contribution in [3.05, 3.63) is 12.2 Å². The van der Waals surface area contributed by atoms with Gasteiger partial charge in [-0.05, 0) is 0 Å². The van der Waals surface area contributed by atoms with Crippen molar-refractivity contribution < 1.29 is 0 Å². The Hall–Kier alpha value is -0.325. The Morgan fingerprint density at radius 1 is 1.50 bits per heavy atom. The molecule has 1 heteroatoms. The molecule has 1 aliphatic carbocycles. The Morgan fingerprint density at radius 2 is 1.75 bits per heavy atom. The summed E-state index contributed by atoms with van der Waals surface area (Å²) >= 11 is 0. The van der Waals surface area contributed by atoms with E-state index >= 15 is 0 Å². The molecule has 0 aromatic rings. The summed E-state index contributed by atoms with van der Waals surface area (Å²) in [5.41, 5.74) is 1.17. The fourth-order valence-corrected chi connectivity index (χ4v) is 0.0589. The zero-order chi connectivity index (χ0) is 2.99. The zero-order valence-electron chi connectivity index (χ0n) is 2.36. The molecule has 0 aromatic carbocycles. The van der Waals surface area contributed by atoms with Crippen molar-refractivity contribution in [2.45, 2.75) is 0 Å². The van der Waals surface area contributed by atoms with E-state index in [1.165, 1.54) is 5.46 Å². The SMILES string of the molecule is B=C1C=C1. The quantitative estimate of drug-likeness (QED) is 0.328. The summed E-state index contributed by atoms with van der Waals surface area (Å²) in [4.78, 5) is 0. The summed E-state index contributed by atoms with van der Waals surface area (Å²) in [5, 5.41) is 0. The van der Waals surface area contributed by atoms with E-state index in [1.807, 2.05) is 12.2 Å². The van der Waals surface area contributed by atoms with Gasteiger partial charge in [-0.25, -0.2) is 0 Å². The van der Waals surface area contributed by atoms with Crippen LogP contribution < -0.4 is 0 Å². The summed E-state index contributed by atoms with van der Waals surface area (Å²) in [6.45, 7) is 0. The molecule has 18 valence electrons. The van der Waals surface area contributed by atoms with E-state index in [4.69, 9.17) is 0 Å². The van der Waals surface area contributed by atoms with Crippen LogP contribution in [-0.4, -0.2) is 13.0 Å². The van der Waals surface area contributed by atoms with Crippen molar-refractivity contribution in [1.82, 2.24) is 0 Å². The molecule has 1 rings (SSSR count). The van der Waals surface area contributed by atoms with Crippen molar-refractivity contribution in [3.63, 3.8) is 0 Å².